The van der Waals surface area contributed by atoms with Crippen LogP contribution in [0.5, 0.6) is 11.5 Å². The van der Waals surface area contributed by atoms with Crippen LogP contribution in [0.25, 0.3) is 22.3 Å². The molecule has 2 fully saturated rings. The second kappa shape index (κ2) is 9.99. The van der Waals surface area contributed by atoms with Gasteiger partial charge in [-0.25, -0.2) is 14.4 Å². The number of aromatic nitrogens is 3. The Bertz CT molecular complexity index is 1360. The van der Waals surface area contributed by atoms with Gasteiger partial charge in [-0.15, -0.1) is 0 Å². The van der Waals surface area contributed by atoms with Crippen LogP contribution in [0.15, 0.2) is 12.1 Å². The molecule has 1 aliphatic carbocycles. The summed E-state index contributed by atoms with van der Waals surface area (Å²) in [7, 11) is 1.42. The molecule has 2 N–H and O–H groups in total. The fraction of sp³-hybridized carbons (Fsp3) is 0.481. The number of hydrogen-bond donors (Lipinski definition) is 2. The zero-order valence-electron chi connectivity index (χ0n) is 21.6. The lowest BCUT2D eigenvalue weighted by Crippen LogP contribution is -2.46. The Morgan fingerprint density at radius 3 is 2.51 bits per heavy atom. The van der Waals surface area contributed by atoms with Crippen molar-refractivity contribution in [3.05, 3.63) is 35.0 Å². The molecule has 2 aliphatic rings. The molecule has 0 bridgehead atoms. The van der Waals surface area contributed by atoms with Gasteiger partial charge in [-0.05, 0) is 51.5 Å². The van der Waals surface area contributed by atoms with Crippen LogP contribution in [0, 0.1) is 25.6 Å². The highest BCUT2D eigenvalue weighted by atomic mass is 19.1. The molecule has 37 heavy (non-hydrogen) atoms. The minimum atomic E-state index is -0.529. The van der Waals surface area contributed by atoms with Gasteiger partial charge in [0.1, 0.15) is 22.8 Å². The van der Waals surface area contributed by atoms with E-state index in [0.29, 0.717) is 83.6 Å². The van der Waals surface area contributed by atoms with Crippen LogP contribution in [0.3, 0.4) is 0 Å². The number of rotatable bonds is 7. The molecule has 0 unspecified atom stereocenters. The van der Waals surface area contributed by atoms with Crippen molar-refractivity contribution in [2.75, 3.05) is 26.8 Å². The lowest BCUT2D eigenvalue weighted by molar-refractivity contribution is -0.129. The zero-order chi connectivity index (χ0) is 26.3. The summed E-state index contributed by atoms with van der Waals surface area (Å²) in [5.41, 5.74) is 3.03. The molecule has 2 aromatic heterocycles. The van der Waals surface area contributed by atoms with Gasteiger partial charge in [0.05, 0.1) is 24.8 Å². The number of benzene rings is 1. The van der Waals surface area contributed by atoms with E-state index in [1.54, 1.807) is 24.8 Å². The summed E-state index contributed by atoms with van der Waals surface area (Å²) in [5.74, 6) is 0.803. The Morgan fingerprint density at radius 1 is 1.14 bits per heavy atom. The molecule has 196 valence electrons. The van der Waals surface area contributed by atoms with Gasteiger partial charge in [0.15, 0.2) is 11.6 Å². The topological polar surface area (TPSA) is 109 Å². The first-order chi connectivity index (χ1) is 17.7. The third-order valence-electron chi connectivity index (χ3n) is 7.13. The monoisotopic (exact) mass is 509 g/mol. The number of aromatic amines is 1. The van der Waals surface area contributed by atoms with Crippen molar-refractivity contribution in [3.63, 3.8) is 0 Å². The quantitative estimate of drug-likeness (QED) is 0.500. The van der Waals surface area contributed by atoms with Crippen molar-refractivity contribution in [2.45, 2.75) is 52.5 Å². The minimum absolute atomic E-state index is 0.0343. The number of nitrogens with one attached hydrogen (secondary N) is 2. The summed E-state index contributed by atoms with van der Waals surface area (Å²) >= 11 is 0. The molecule has 0 radical (unpaired) electrons. The van der Waals surface area contributed by atoms with E-state index < -0.39 is 5.82 Å². The van der Waals surface area contributed by atoms with Crippen LogP contribution >= 0.6 is 0 Å². The predicted octanol–water partition coefficient (Wildman–Crippen LogP) is 3.92. The molecule has 0 atom stereocenters. The fourth-order valence-corrected chi connectivity index (χ4v) is 4.86. The number of halogens is 1. The van der Waals surface area contributed by atoms with Crippen LogP contribution in [0.1, 0.15) is 54.5 Å². The molecule has 0 spiro atoms. The second-order valence-electron chi connectivity index (χ2n) is 9.96. The molecule has 3 aromatic rings. The standard InChI is InChI=1S/C27H32FN5O4/c1-14-23(27(35)32-18-7-9-33(10-8-18)16(3)34)25-26(29-14)24(30-15(2)31-25)19-11-20(28)22(36-4)12-21(19)37-13-17-5-6-17/h11-12,17-18,29H,5-10,13H2,1-4H3,(H,32,35). The molecular weight excluding hydrogens is 477 g/mol. The van der Waals surface area contributed by atoms with E-state index in [2.05, 4.69) is 20.3 Å². The molecule has 3 heterocycles. The Morgan fingerprint density at radius 2 is 1.86 bits per heavy atom. The number of methoxy groups -OCH3 is 1. The van der Waals surface area contributed by atoms with Crippen molar-refractivity contribution in [1.29, 1.82) is 0 Å². The maximum atomic E-state index is 14.9. The first-order valence-corrected chi connectivity index (χ1v) is 12.7. The number of amides is 2. The highest BCUT2D eigenvalue weighted by Gasteiger charge is 2.28. The molecule has 9 nitrogen and oxygen atoms in total. The van der Waals surface area contributed by atoms with Crippen molar-refractivity contribution in [1.82, 2.24) is 25.2 Å². The summed E-state index contributed by atoms with van der Waals surface area (Å²) in [5, 5.41) is 3.11. The first-order valence-electron chi connectivity index (χ1n) is 12.7. The fourth-order valence-electron chi connectivity index (χ4n) is 4.86. The summed E-state index contributed by atoms with van der Waals surface area (Å²) in [6.45, 7) is 6.89. The van der Waals surface area contributed by atoms with Crippen LogP contribution in [0.2, 0.25) is 0 Å². The number of ether oxygens (including phenoxy) is 2. The number of nitrogens with zero attached hydrogens (tertiary/aromatic N) is 3. The summed E-state index contributed by atoms with van der Waals surface area (Å²) in [4.78, 5) is 39.3. The van der Waals surface area contributed by atoms with Crippen LogP contribution in [-0.4, -0.2) is 64.5 Å². The molecule has 2 amide bonds. The first kappa shape index (κ1) is 25.0. The van der Waals surface area contributed by atoms with Crippen molar-refractivity contribution in [2.24, 2.45) is 5.92 Å². The molecule has 1 aliphatic heterocycles. The van der Waals surface area contributed by atoms with Crippen molar-refractivity contribution < 1.29 is 23.5 Å². The molecule has 1 saturated heterocycles. The number of fused-ring (bicyclic) bond motifs is 1. The zero-order valence-corrected chi connectivity index (χ0v) is 21.6. The summed E-state index contributed by atoms with van der Waals surface area (Å²) in [6, 6.07) is 2.88. The maximum Gasteiger partial charge on any atom is 0.255 e. The van der Waals surface area contributed by atoms with Gasteiger partial charge >= 0.3 is 0 Å². The van der Waals surface area contributed by atoms with Crippen LogP contribution < -0.4 is 14.8 Å². The Kier molecular flexibility index (Phi) is 6.74. The lowest BCUT2D eigenvalue weighted by atomic mass is 10.0. The smallest absolute Gasteiger partial charge is 0.255 e. The molecule has 10 heteroatoms. The molecular formula is C27H32FN5O4. The van der Waals surface area contributed by atoms with Gasteiger partial charge in [-0.3, -0.25) is 9.59 Å². The third-order valence-corrected chi connectivity index (χ3v) is 7.13. The lowest BCUT2D eigenvalue weighted by Gasteiger charge is -2.31. The highest BCUT2D eigenvalue weighted by Crippen LogP contribution is 2.39. The van der Waals surface area contributed by atoms with Gasteiger partial charge in [-0.1, -0.05) is 0 Å². The van der Waals surface area contributed by atoms with E-state index in [9.17, 15) is 14.0 Å². The number of likely N-dealkylation sites (tertiary alicyclic amines) is 1. The number of piperidine rings is 1. The number of carbonyl (C=O) groups excluding carboxylic acids is 2. The van der Waals surface area contributed by atoms with Gasteiger partial charge in [-0.2, -0.15) is 0 Å². The van der Waals surface area contributed by atoms with Gasteiger partial charge < -0.3 is 24.7 Å². The second-order valence-corrected chi connectivity index (χ2v) is 9.96. The predicted molar refractivity (Wildman–Crippen MR) is 136 cm³/mol. The Hall–Kier alpha value is -3.69. The number of aryl methyl sites for hydroxylation is 2. The minimum Gasteiger partial charge on any atom is -0.494 e. The third kappa shape index (κ3) is 5.10. The van der Waals surface area contributed by atoms with Crippen LogP contribution in [0.4, 0.5) is 4.39 Å². The van der Waals surface area contributed by atoms with Gasteiger partial charge in [0.2, 0.25) is 5.91 Å². The van der Waals surface area contributed by atoms with E-state index in [1.165, 1.54) is 13.2 Å². The van der Waals surface area contributed by atoms with E-state index in [0.717, 1.165) is 12.8 Å². The van der Waals surface area contributed by atoms with E-state index >= 15 is 0 Å². The number of hydrogen-bond acceptors (Lipinski definition) is 6. The Labute approximate surface area is 214 Å². The van der Waals surface area contributed by atoms with Crippen molar-refractivity contribution in [3.8, 4) is 22.8 Å². The normalized spacial score (nSPS) is 16.2. The highest BCUT2D eigenvalue weighted by molar-refractivity contribution is 6.09. The maximum absolute atomic E-state index is 14.9. The number of carbonyl (C=O) groups is 2. The van der Waals surface area contributed by atoms with Gasteiger partial charge in [0, 0.05) is 43.4 Å². The molecule has 1 saturated carbocycles. The largest absolute Gasteiger partial charge is 0.494 e. The average Bonchev–Trinajstić information content (AvgIpc) is 3.63. The SMILES string of the molecule is COc1cc(OCC2CC2)c(-c2nc(C)nc3c(C(=O)NC4CCN(C(C)=O)CC4)c(C)[nH]c23)cc1F. The van der Waals surface area contributed by atoms with E-state index in [-0.39, 0.29) is 23.6 Å². The van der Waals surface area contributed by atoms with Gasteiger partial charge in [0.25, 0.3) is 5.91 Å². The molecule has 1 aromatic carbocycles. The van der Waals surface area contributed by atoms with E-state index in [1.807, 2.05) is 6.92 Å². The number of H-pyrrole nitrogens is 1. The molecule has 5 rings (SSSR count). The van der Waals surface area contributed by atoms with Crippen LogP contribution in [-0.2, 0) is 4.79 Å². The average molecular weight is 510 g/mol. The van der Waals surface area contributed by atoms with Crippen molar-refractivity contribution >= 4 is 22.8 Å². The summed E-state index contributed by atoms with van der Waals surface area (Å²) < 4.78 is 26.1. The van der Waals surface area contributed by atoms with E-state index in [4.69, 9.17) is 9.47 Å². The Balaban J connectivity index is 1.50. The summed E-state index contributed by atoms with van der Waals surface area (Å²) in [6.07, 6.45) is 3.62.